The molecule has 1 aliphatic carbocycles. The molecule has 0 saturated heterocycles. The Morgan fingerprint density at radius 1 is 1.31 bits per heavy atom. The molecule has 0 aliphatic heterocycles. The molecule has 26 heavy (non-hydrogen) atoms. The molecule has 6 nitrogen and oxygen atoms in total. The van der Waals surface area contributed by atoms with Gasteiger partial charge < -0.3 is 10.2 Å². The van der Waals surface area contributed by atoms with Gasteiger partial charge in [0.15, 0.2) is 5.69 Å². The van der Waals surface area contributed by atoms with Crippen molar-refractivity contribution in [1.29, 1.82) is 0 Å². The lowest BCUT2D eigenvalue weighted by Crippen LogP contribution is -2.26. The molecule has 2 amide bonds. The van der Waals surface area contributed by atoms with Gasteiger partial charge in [-0.15, -0.1) is 0 Å². The summed E-state index contributed by atoms with van der Waals surface area (Å²) in [6, 6.07) is 7.72. The number of halogens is 1. The van der Waals surface area contributed by atoms with Gasteiger partial charge in [0.05, 0.1) is 0 Å². The summed E-state index contributed by atoms with van der Waals surface area (Å²) in [6.45, 7) is 0.275. The fourth-order valence-corrected chi connectivity index (χ4v) is 3.28. The highest BCUT2D eigenvalue weighted by Gasteiger charge is 2.24. The summed E-state index contributed by atoms with van der Waals surface area (Å²) in [5.74, 6) is -0.0916. The fraction of sp³-hybridized carbons (Fsp3) is 0.421. The Hall–Kier alpha value is -2.70. The quantitative estimate of drug-likeness (QED) is 0.894. The molecule has 1 N–H and O–H groups in total. The van der Waals surface area contributed by atoms with Crippen LogP contribution in [0.3, 0.4) is 0 Å². The molecule has 0 spiro atoms. The van der Waals surface area contributed by atoms with E-state index in [2.05, 4.69) is 10.4 Å². The normalized spacial score (nSPS) is 14.4. The standard InChI is InChI=1S/C19H23FN4O2/c1-23(12-13-6-5-9-15(20)10-13)19(26)16-11-17(24(2)22-16)21-18(25)14-7-3-4-8-14/h5-6,9-11,14H,3-4,7-8,12H2,1-2H3,(H,21,25). The number of aromatic nitrogens is 2. The van der Waals surface area contributed by atoms with Crippen LogP contribution in [0.15, 0.2) is 30.3 Å². The highest BCUT2D eigenvalue weighted by Crippen LogP contribution is 2.26. The minimum atomic E-state index is -0.335. The van der Waals surface area contributed by atoms with E-state index in [-0.39, 0.29) is 35.8 Å². The van der Waals surface area contributed by atoms with Crippen LogP contribution in [0.25, 0.3) is 0 Å². The van der Waals surface area contributed by atoms with Crippen LogP contribution in [0, 0.1) is 11.7 Å². The monoisotopic (exact) mass is 358 g/mol. The minimum Gasteiger partial charge on any atom is -0.336 e. The van der Waals surface area contributed by atoms with Crippen molar-refractivity contribution < 1.29 is 14.0 Å². The predicted octanol–water partition coefficient (Wildman–Crippen LogP) is 2.96. The van der Waals surface area contributed by atoms with Gasteiger partial charge in [-0.1, -0.05) is 25.0 Å². The average molecular weight is 358 g/mol. The van der Waals surface area contributed by atoms with E-state index >= 15 is 0 Å². The number of benzene rings is 1. The van der Waals surface area contributed by atoms with Crippen LogP contribution in [-0.2, 0) is 18.4 Å². The van der Waals surface area contributed by atoms with E-state index in [1.54, 1.807) is 32.3 Å². The molecule has 0 bridgehead atoms. The van der Waals surface area contributed by atoms with Gasteiger partial charge in [-0.25, -0.2) is 4.39 Å². The van der Waals surface area contributed by atoms with Crippen LogP contribution in [0.2, 0.25) is 0 Å². The highest BCUT2D eigenvalue weighted by molar-refractivity contribution is 5.96. The van der Waals surface area contributed by atoms with Crippen molar-refractivity contribution in [3.63, 3.8) is 0 Å². The van der Waals surface area contributed by atoms with E-state index < -0.39 is 0 Å². The molecule has 1 aliphatic rings. The number of nitrogens with one attached hydrogen (secondary N) is 1. The second-order valence-electron chi connectivity index (χ2n) is 6.80. The molecule has 2 aromatic rings. The maximum absolute atomic E-state index is 13.3. The molecule has 1 saturated carbocycles. The van der Waals surface area contributed by atoms with Crippen LogP contribution in [0.5, 0.6) is 0 Å². The number of amides is 2. The summed E-state index contributed by atoms with van der Waals surface area (Å²) in [7, 11) is 3.33. The second-order valence-corrected chi connectivity index (χ2v) is 6.80. The molecule has 138 valence electrons. The first-order valence-corrected chi connectivity index (χ1v) is 8.79. The van der Waals surface area contributed by atoms with Gasteiger partial charge in [-0.05, 0) is 30.5 Å². The molecule has 7 heteroatoms. The Kier molecular flexibility index (Phi) is 5.35. The molecule has 3 rings (SSSR count). The van der Waals surface area contributed by atoms with Gasteiger partial charge in [0.25, 0.3) is 5.91 Å². The first kappa shape index (κ1) is 18.1. The molecule has 1 heterocycles. The number of aryl methyl sites for hydroxylation is 1. The van der Waals surface area contributed by atoms with E-state index in [4.69, 9.17) is 0 Å². The Morgan fingerprint density at radius 3 is 2.73 bits per heavy atom. The van der Waals surface area contributed by atoms with Crippen LogP contribution in [-0.4, -0.2) is 33.5 Å². The van der Waals surface area contributed by atoms with Gasteiger partial charge in [0, 0.05) is 32.6 Å². The summed E-state index contributed by atoms with van der Waals surface area (Å²) >= 11 is 0. The first-order valence-electron chi connectivity index (χ1n) is 8.79. The maximum atomic E-state index is 13.3. The van der Waals surface area contributed by atoms with Crippen molar-refractivity contribution in [3.05, 3.63) is 47.4 Å². The number of hydrogen-bond acceptors (Lipinski definition) is 3. The summed E-state index contributed by atoms with van der Waals surface area (Å²) in [4.78, 5) is 26.3. The summed E-state index contributed by atoms with van der Waals surface area (Å²) in [5.41, 5.74) is 0.944. The molecular weight excluding hydrogens is 335 g/mol. The predicted molar refractivity (Wildman–Crippen MR) is 96.0 cm³/mol. The first-order chi connectivity index (χ1) is 12.4. The van der Waals surface area contributed by atoms with E-state index in [0.717, 1.165) is 25.7 Å². The molecular formula is C19H23FN4O2. The van der Waals surface area contributed by atoms with Gasteiger partial charge in [0.2, 0.25) is 5.91 Å². The van der Waals surface area contributed by atoms with Crippen molar-refractivity contribution in [2.75, 3.05) is 12.4 Å². The summed E-state index contributed by atoms with van der Waals surface area (Å²) < 4.78 is 14.8. The van der Waals surface area contributed by atoms with Crippen LogP contribution >= 0.6 is 0 Å². The Bertz CT molecular complexity index is 812. The second kappa shape index (κ2) is 7.68. The van der Waals surface area contributed by atoms with Gasteiger partial charge in [0.1, 0.15) is 11.6 Å². The lowest BCUT2D eigenvalue weighted by atomic mass is 10.1. The Labute approximate surface area is 152 Å². The number of rotatable bonds is 5. The molecule has 0 radical (unpaired) electrons. The molecule has 0 unspecified atom stereocenters. The van der Waals surface area contributed by atoms with Crippen LogP contribution < -0.4 is 5.32 Å². The molecule has 1 aromatic heterocycles. The van der Waals surface area contributed by atoms with Crippen LogP contribution in [0.4, 0.5) is 10.2 Å². The third-order valence-electron chi connectivity index (χ3n) is 4.73. The number of anilines is 1. The summed E-state index contributed by atoms with van der Waals surface area (Å²) in [5, 5.41) is 7.07. The number of carbonyl (C=O) groups is 2. The van der Waals surface area contributed by atoms with Gasteiger partial charge in [-0.3, -0.25) is 14.3 Å². The van der Waals surface area contributed by atoms with E-state index in [1.165, 1.54) is 21.7 Å². The van der Waals surface area contributed by atoms with E-state index in [0.29, 0.717) is 11.4 Å². The van der Waals surface area contributed by atoms with Crippen LogP contribution in [0.1, 0.15) is 41.7 Å². The van der Waals surface area contributed by atoms with Crippen molar-refractivity contribution >= 4 is 17.6 Å². The van der Waals surface area contributed by atoms with Gasteiger partial charge in [-0.2, -0.15) is 5.10 Å². The minimum absolute atomic E-state index is 0.0161. The number of hydrogen-bond donors (Lipinski definition) is 1. The SMILES string of the molecule is CN(Cc1cccc(F)c1)C(=O)c1cc(NC(=O)C2CCCC2)n(C)n1. The highest BCUT2D eigenvalue weighted by atomic mass is 19.1. The lowest BCUT2D eigenvalue weighted by Gasteiger charge is -2.15. The molecule has 1 aromatic carbocycles. The zero-order valence-electron chi connectivity index (χ0n) is 15.0. The van der Waals surface area contributed by atoms with E-state index in [1.807, 2.05) is 0 Å². The third kappa shape index (κ3) is 4.09. The van der Waals surface area contributed by atoms with Crippen molar-refractivity contribution in [2.45, 2.75) is 32.2 Å². The smallest absolute Gasteiger partial charge is 0.274 e. The topological polar surface area (TPSA) is 67.2 Å². The van der Waals surface area contributed by atoms with Crippen molar-refractivity contribution in [1.82, 2.24) is 14.7 Å². The van der Waals surface area contributed by atoms with Crippen molar-refractivity contribution in [3.8, 4) is 0 Å². The van der Waals surface area contributed by atoms with Crippen molar-refractivity contribution in [2.24, 2.45) is 13.0 Å². The third-order valence-corrected chi connectivity index (χ3v) is 4.73. The van der Waals surface area contributed by atoms with Gasteiger partial charge >= 0.3 is 0 Å². The lowest BCUT2D eigenvalue weighted by molar-refractivity contribution is -0.119. The zero-order valence-corrected chi connectivity index (χ0v) is 15.0. The number of carbonyl (C=O) groups excluding carboxylic acids is 2. The Balaban J connectivity index is 1.66. The van der Waals surface area contributed by atoms with E-state index in [9.17, 15) is 14.0 Å². The molecule has 0 atom stereocenters. The maximum Gasteiger partial charge on any atom is 0.274 e. The average Bonchev–Trinajstić information content (AvgIpc) is 3.25. The zero-order chi connectivity index (χ0) is 18.7. The Morgan fingerprint density at radius 2 is 2.04 bits per heavy atom. The number of nitrogens with zero attached hydrogens (tertiary/aromatic N) is 3. The largest absolute Gasteiger partial charge is 0.336 e. The molecule has 1 fully saturated rings. The fourth-order valence-electron chi connectivity index (χ4n) is 3.28. The summed E-state index contributed by atoms with van der Waals surface area (Å²) in [6.07, 6.45) is 3.98.